The Morgan fingerprint density at radius 3 is 3.18 bits per heavy atom. The van der Waals surface area contributed by atoms with Crippen LogP contribution < -0.4 is 5.56 Å². The highest BCUT2D eigenvalue weighted by atomic mass is 16.1. The van der Waals surface area contributed by atoms with E-state index in [4.69, 9.17) is 0 Å². The topological polar surface area (TPSA) is 74.4 Å². The Hall–Kier alpha value is -1.65. The second-order valence-corrected chi connectivity index (χ2v) is 2.29. The second-order valence-electron chi connectivity index (χ2n) is 2.29. The summed E-state index contributed by atoms with van der Waals surface area (Å²) in [4.78, 5) is 17.7. The van der Waals surface area contributed by atoms with Crippen molar-refractivity contribution < 1.29 is 0 Å². The van der Waals surface area contributed by atoms with Gasteiger partial charge in [0.15, 0.2) is 0 Å². The Balaban J connectivity index is 3.02. The zero-order valence-corrected chi connectivity index (χ0v) is 5.88. The fourth-order valence-corrected chi connectivity index (χ4v) is 0.975. The summed E-state index contributed by atoms with van der Waals surface area (Å²) in [5.41, 5.74) is 0.854. The lowest BCUT2D eigenvalue weighted by molar-refractivity contribution is 1.05. The molecule has 2 rings (SSSR count). The third-order valence-corrected chi connectivity index (χ3v) is 1.44. The average molecular weight is 150 g/mol. The minimum absolute atomic E-state index is 0.270. The zero-order chi connectivity index (χ0) is 7.84. The monoisotopic (exact) mass is 150 g/mol. The van der Waals surface area contributed by atoms with E-state index in [1.54, 1.807) is 13.1 Å². The molecular formula is C6H6N4O. The van der Waals surface area contributed by atoms with E-state index >= 15 is 0 Å². The van der Waals surface area contributed by atoms with Crippen molar-refractivity contribution in [3.8, 4) is 0 Å². The van der Waals surface area contributed by atoms with Crippen molar-refractivity contribution in [3.05, 3.63) is 22.4 Å². The molecule has 0 amide bonds. The first-order valence-corrected chi connectivity index (χ1v) is 3.17. The number of H-pyrrole nitrogens is 2. The number of nitrogens with one attached hydrogen (secondary N) is 2. The SMILES string of the molecule is Cc1nc(=O)c2[nH]ncc2[nH]1. The van der Waals surface area contributed by atoms with E-state index in [-0.39, 0.29) is 5.56 Å². The van der Waals surface area contributed by atoms with Crippen LogP contribution in [0, 0.1) is 6.92 Å². The van der Waals surface area contributed by atoms with Gasteiger partial charge in [-0.2, -0.15) is 10.1 Å². The van der Waals surface area contributed by atoms with Crippen LogP contribution in [0.1, 0.15) is 5.82 Å². The summed E-state index contributed by atoms with van der Waals surface area (Å²) >= 11 is 0. The first kappa shape index (κ1) is 6.09. The van der Waals surface area contributed by atoms with Crippen molar-refractivity contribution in [1.82, 2.24) is 20.2 Å². The number of aryl methyl sites for hydroxylation is 1. The molecule has 2 aromatic rings. The highest BCUT2D eigenvalue weighted by molar-refractivity contribution is 5.71. The Kier molecular flexibility index (Phi) is 1.06. The van der Waals surface area contributed by atoms with Crippen LogP contribution in [0.15, 0.2) is 11.0 Å². The van der Waals surface area contributed by atoms with Gasteiger partial charge < -0.3 is 4.98 Å². The molecule has 2 heterocycles. The molecule has 0 aromatic carbocycles. The van der Waals surface area contributed by atoms with Gasteiger partial charge in [0.2, 0.25) is 0 Å². The van der Waals surface area contributed by atoms with Crippen molar-refractivity contribution in [2.24, 2.45) is 0 Å². The molecule has 11 heavy (non-hydrogen) atoms. The van der Waals surface area contributed by atoms with Crippen LogP contribution in [0.2, 0.25) is 0 Å². The fourth-order valence-electron chi connectivity index (χ4n) is 0.975. The number of aromatic amines is 2. The molecular weight excluding hydrogens is 144 g/mol. The van der Waals surface area contributed by atoms with Crippen molar-refractivity contribution in [1.29, 1.82) is 0 Å². The van der Waals surface area contributed by atoms with Gasteiger partial charge in [0, 0.05) is 0 Å². The summed E-state index contributed by atoms with van der Waals surface area (Å²) in [6.45, 7) is 1.73. The van der Waals surface area contributed by atoms with Gasteiger partial charge in [-0.1, -0.05) is 0 Å². The van der Waals surface area contributed by atoms with Crippen LogP contribution in [-0.4, -0.2) is 20.2 Å². The Morgan fingerprint density at radius 1 is 1.55 bits per heavy atom. The van der Waals surface area contributed by atoms with Gasteiger partial charge in [-0.05, 0) is 6.92 Å². The first-order chi connectivity index (χ1) is 5.27. The maximum absolute atomic E-state index is 11.1. The molecule has 0 radical (unpaired) electrons. The largest absolute Gasteiger partial charge is 0.341 e. The normalized spacial score (nSPS) is 10.6. The summed E-state index contributed by atoms with van der Waals surface area (Å²) in [6.07, 6.45) is 1.56. The highest BCUT2D eigenvalue weighted by Gasteiger charge is 2.00. The Labute approximate surface area is 61.5 Å². The molecule has 2 N–H and O–H groups in total. The molecule has 0 atom stereocenters. The van der Waals surface area contributed by atoms with Crippen LogP contribution >= 0.6 is 0 Å². The number of nitrogens with zero attached hydrogens (tertiary/aromatic N) is 2. The van der Waals surface area contributed by atoms with Crippen LogP contribution in [0.5, 0.6) is 0 Å². The molecule has 0 saturated carbocycles. The average Bonchev–Trinajstić information content (AvgIpc) is 2.34. The molecule has 0 spiro atoms. The third-order valence-electron chi connectivity index (χ3n) is 1.44. The number of rotatable bonds is 0. The number of fused-ring (bicyclic) bond motifs is 1. The van der Waals surface area contributed by atoms with Crippen molar-refractivity contribution >= 4 is 11.0 Å². The van der Waals surface area contributed by atoms with Gasteiger partial charge in [0.1, 0.15) is 11.3 Å². The lowest BCUT2D eigenvalue weighted by atomic mass is 10.4. The summed E-state index contributed by atoms with van der Waals surface area (Å²) in [5.74, 6) is 0.601. The molecule has 0 unspecified atom stereocenters. The molecule has 0 fully saturated rings. The van der Waals surface area contributed by atoms with Gasteiger partial charge >= 0.3 is 0 Å². The van der Waals surface area contributed by atoms with Gasteiger partial charge in [0.05, 0.1) is 11.7 Å². The lowest BCUT2D eigenvalue weighted by Crippen LogP contribution is -2.08. The van der Waals surface area contributed by atoms with E-state index in [1.165, 1.54) is 0 Å². The number of hydrogen-bond donors (Lipinski definition) is 2. The summed E-state index contributed by atoms with van der Waals surface area (Å²) < 4.78 is 0. The van der Waals surface area contributed by atoms with Crippen LogP contribution in [-0.2, 0) is 0 Å². The zero-order valence-electron chi connectivity index (χ0n) is 5.88. The Bertz CT molecular complexity index is 441. The fraction of sp³-hybridized carbons (Fsp3) is 0.167. The van der Waals surface area contributed by atoms with E-state index in [2.05, 4.69) is 20.2 Å². The van der Waals surface area contributed by atoms with Gasteiger partial charge in [-0.15, -0.1) is 0 Å². The highest BCUT2D eigenvalue weighted by Crippen LogP contribution is 1.99. The summed E-state index contributed by atoms with van der Waals surface area (Å²) in [6, 6.07) is 0. The summed E-state index contributed by atoms with van der Waals surface area (Å²) in [7, 11) is 0. The van der Waals surface area contributed by atoms with E-state index < -0.39 is 0 Å². The van der Waals surface area contributed by atoms with E-state index in [0.717, 1.165) is 0 Å². The van der Waals surface area contributed by atoms with Crippen molar-refractivity contribution in [3.63, 3.8) is 0 Å². The Morgan fingerprint density at radius 2 is 2.36 bits per heavy atom. The van der Waals surface area contributed by atoms with E-state index in [0.29, 0.717) is 16.9 Å². The van der Waals surface area contributed by atoms with Gasteiger partial charge in [-0.25, -0.2) is 0 Å². The minimum atomic E-state index is -0.270. The standard InChI is InChI=1S/C6H6N4O/c1-3-8-4-2-7-10-5(4)6(11)9-3/h2H,1H3,(H,7,10)(H,8,9,11). The van der Waals surface area contributed by atoms with E-state index in [9.17, 15) is 4.79 Å². The molecule has 0 saturated heterocycles. The third kappa shape index (κ3) is 0.813. The first-order valence-electron chi connectivity index (χ1n) is 3.17. The van der Waals surface area contributed by atoms with Crippen molar-refractivity contribution in [2.75, 3.05) is 0 Å². The quantitative estimate of drug-likeness (QED) is 0.553. The molecule has 0 aliphatic carbocycles. The van der Waals surface area contributed by atoms with Gasteiger partial charge in [0.25, 0.3) is 5.56 Å². The predicted molar refractivity (Wildman–Crippen MR) is 39.2 cm³/mol. The summed E-state index contributed by atoms with van der Waals surface area (Å²) in [5, 5.41) is 6.27. The second kappa shape index (κ2) is 1.91. The minimum Gasteiger partial charge on any atom is -0.341 e. The number of hydrogen-bond acceptors (Lipinski definition) is 3. The smallest absolute Gasteiger partial charge is 0.298 e. The predicted octanol–water partition coefficient (Wildman–Crippen LogP) is -0.0454. The van der Waals surface area contributed by atoms with Crippen molar-refractivity contribution in [2.45, 2.75) is 6.92 Å². The maximum Gasteiger partial charge on any atom is 0.298 e. The lowest BCUT2D eigenvalue weighted by Gasteiger charge is -1.89. The van der Waals surface area contributed by atoms with Gasteiger partial charge in [-0.3, -0.25) is 9.89 Å². The van der Waals surface area contributed by atoms with Crippen LogP contribution in [0.4, 0.5) is 0 Å². The van der Waals surface area contributed by atoms with E-state index in [1.807, 2.05) is 0 Å². The molecule has 5 nitrogen and oxygen atoms in total. The molecule has 56 valence electrons. The molecule has 2 aromatic heterocycles. The van der Waals surface area contributed by atoms with Crippen LogP contribution in [0.3, 0.4) is 0 Å². The maximum atomic E-state index is 11.1. The molecule has 0 aliphatic heterocycles. The molecule has 0 aliphatic rings. The molecule has 5 heteroatoms. The molecule has 0 bridgehead atoms. The number of aromatic nitrogens is 4. The van der Waals surface area contributed by atoms with Crippen LogP contribution in [0.25, 0.3) is 11.0 Å².